The number of amides is 1. The lowest BCUT2D eigenvalue weighted by atomic mass is 10.2. The first-order valence-corrected chi connectivity index (χ1v) is 7.82. The van der Waals surface area contributed by atoms with E-state index in [1.54, 1.807) is 11.8 Å². The molecule has 5 heteroatoms. The van der Waals surface area contributed by atoms with Gasteiger partial charge in [-0.2, -0.15) is 11.8 Å². The van der Waals surface area contributed by atoms with Gasteiger partial charge in [0.1, 0.15) is 0 Å². The molecule has 2 atom stereocenters. The normalized spacial score (nSPS) is 21.6. The molecule has 2 unspecified atom stereocenters. The van der Waals surface area contributed by atoms with E-state index < -0.39 is 6.10 Å². The van der Waals surface area contributed by atoms with E-state index >= 15 is 0 Å². The molecule has 1 fully saturated rings. The van der Waals surface area contributed by atoms with E-state index in [-0.39, 0.29) is 11.9 Å². The molecule has 0 bridgehead atoms. The quantitative estimate of drug-likeness (QED) is 0.786. The van der Waals surface area contributed by atoms with Crippen LogP contribution in [0.2, 0.25) is 0 Å². The lowest BCUT2D eigenvalue weighted by molar-refractivity contribution is -0.135. The van der Waals surface area contributed by atoms with E-state index in [1.807, 2.05) is 32.7 Å². The molecular weight excluding hydrogens is 248 g/mol. The minimum absolute atomic E-state index is 0.116. The third-order valence-electron chi connectivity index (χ3n) is 3.32. The molecule has 0 aromatic carbocycles. The van der Waals surface area contributed by atoms with Crippen LogP contribution < -0.4 is 0 Å². The molecule has 1 saturated heterocycles. The van der Waals surface area contributed by atoms with Crippen molar-refractivity contribution in [2.24, 2.45) is 0 Å². The number of aliphatic hydroxyl groups excluding tert-OH is 1. The van der Waals surface area contributed by atoms with Crippen molar-refractivity contribution in [3.8, 4) is 0 Å². The minimum Gasteiger partial charge on any atom is -0.392 e. The van der Waals surface area contributed by atoms with Crippen LogP contribution in [0, 0.1) is 0 Å². The first-order chi connectivity index (χ1) is 8.41. The number of likely N-dealkylation sites (N-methyl/N-ethyl adjacent to an activating group) is 1. The number of carbonyl (C=O) groups excluding carboxylic acids is 1. The zero-order chi connectivity index (χ0) is 13.7. The van der Waals surface area contributed by atoms with Gasteiger partial charge in [-0.05, 0) is 40.0 Å². The van der Waals surface area contributed by atoms with Crippen molar-refractivity contribution < 1.29 is 9.90 Å². The summed E-state index contributed by atoms with van der Waals surface area (Å²) >= 11 is 1.96. The molecular formula is C13H26N2O2S. The van der Waals surface area contributed by atoms with Crippen LogP contribution in [0.5, 0.6) is 0 Å². The Morgan fingerprint density at radius 2 is 2.11 bits per heavy atom. The number of thioether (sulfide) groups is 1. The fourth-order valence-corrected chi connectivity index (χ4v) is 3.49. The minimum atomic E-state index is -0.469. The van der Waals surface area contributed by atoms with Crippen molar-refractivity contribution in [1.82, 2.24) is 9.80 Å². The van der Waals surface area contributed by atoms with Gasteiger partial charge in [-0.3, -0.25) is 9.69 Å². The molecule has 0 aromatic rings. The number of carbonyl (C=O) groups is 1. The topological polar surface area (TPSA) is 43.8 Å². The average molecular weight is 274 g/mol. The van der Waals surface area contributed by atoms with Crippen LogP contribution in [0.3, 0.4) is 0 Å². The van der Waals surface area contributed by atoms with Crippen molar-refractivity contribution in [2.75, 3.05) is 31.6 Å². The van der Waals surface area contributed by atoms with E-state index in [4.69, 9.17) is 0 Å². The van der Waals surface area contributed by atoms with E-state index in [1.165, 1.54) is 12.2 Å². The fourth-order valence-electron chi connectivity index (χ4n) is 2.19. The third-order valence-corrected chi connectivity index (χ3v) is 4.46. The lowest BCUT2D eigenvalue weighted by Gasteiger charge is -2.31. The fraction of sp³-hybridized carbons (Fsp3) is 0.923. The second kappa shape index (κ2) is 7.36. The molecule has 1 N–H and O–H groups in total. The highest BCUT2D eigenvalue weighted by Crippen LogP contribution is 2.21. The average Bonchev–Trinajstić information content (AvgIpc) is 2.78. The van der Waals surface area contributed by atoms with Crippen molar-refractivity contribution in [2.45, 2.75) is 45.4 Å². The molecule has 4 nitrogen and oxygen atoms in total. The van der Waals surface area contributed by atoms with Crippen LogP contribution in [0.1, 0.15) is 27.2 Å². The van der Waals surface area contributed by atoms with Crippen molar-refractivity contribution in [3.63, 3.8) is 0 Å². The van der Waals surface area contributed by atoms with Crippen molar-refractivity contribution in [3.05, 3.63) is 0 Å². The van der Waals surface area contributed by atoms with Gasteiger partial charge in [0.15, 0.2) is 0 Å². The summed E-state index contributed by atoms with van der Waals surface area (Å²) in [5.74, 6) is 2.44. The lowest BCUT2D eigenvalue weighted by Crippen LogP contribution is -2.47. The Kier molecular flexibility index (Phi) is 6.46. The zero-order valence-electron chi connectivity index (χ0n) is 11.9. The summed E-state index contributed by atoms with van der Waals surface area (Å²) in [4.78, 5) is 16.2. The van der Waals surface area contributed by atoms with Crippen LogP contribution in [-0.2, 0) is 4.79 Å². The van der Waals surface area contributed by atoms with Gasteiger partial charge in [0.25, 0.3) is 0 Å². The largest absolute Gasteiger partial charge is 0.392 e. The Morgan fingerprint density at radius 3 is 2.56 bits per heavy atom. The smallest absolute Gasteiger partial charge is 0.237 e. The van der Waals surface area contributed by atoms with E-state index in [2.05, 4.69) is 4.90 Å². The van der Waals surface area contributed by atoms with Crippen molar-refractivity contribution in [1.29, 1.82) is 0 Å². The Balaban J connectivity index is 2.49. The van der Waals surface area contributed by atoms with Gasteiger partial charge >= 0.3 is 0 Å². The highest BCUT2D eigenvalue weighted by atomic mass is 32.2. The maximum Gasteiger partial charge on any atom is 0.237 e. The Morgan fingerprint density at radius 1 is 1.44 bits per heavy atom. The summed E-state index contributed by atoms with van der Waals surface area (Å²) in [6, 6.07) is 0.665. The van der Waals surface area contributed by atoms with Crippen LogP contribution in [0.4, 0.5) is 0 Å². The van der Waals surface area contributed by atoms with Crippen molar-refractivity contribution >= 4 is 17.7 Å². The van der Waals surface area contributed by atoms with Crippen LogP contribution in [0.15, 0.2) is 0 Å². The van der Waals surface area contributed by atoms with Gasteiger partial charge in [-0.1, -0.05) is 0 Å². The summed E-state index contributed by atoms with van der Waals surface area (Å²) in [5, 5.41) is 9.46. The standard InChI is InChI=1S/C13H26N2O2S/c1-10(2)15(7-11(3)16)13(17)8-14(4)12-5-6-18-9-12/h10-12,16H,5-9H2,1-4H3. The summed E-state index contributed by atoms with van der Waals surface area (Å²) in [6.07, 6.45) is 0.704. The number of nitrogens with zero attached hydrogens (tertiary/aromatic N) is 2. The van der Waals surface area contributed by atoms with E-state index in [9.17, 15) is 9.90 Å². The van der Waals surface area contributed by atoms with Crippen LogP contribution in [-0.4, -0.2) is 70.6 Å². The molecule has 1 aliphatic heterocycles. The molecule has 1 rings (SSSR count). The van der Waals surface area contributed by atoms with Gasteiger partial charge < -0.3 is 10.0 Å². The second-order valence-corrected chi connectivity index (χ2v) is 6.57. The Hall–Kier alpha value is -0.260. The predicted molar refractivity (Wildman–Crippen MR) is 76.9 cm³/mol. The third kappa shape index (κ3) is 4.78. The monoisotopic (exact) mass is 274 g/mol. The summed E-state index contributed by atoms with van der Waals surface area (Å²) in [7, 11) is 2.02. The summed E-state index contributed by atoms with van der Waals surface area (Å²) < 4.78 is 0. The predicted octanol–water partition coefficient (Wildman–Crippen LogP) is 1.04. The number of aliphatic hydroxyl groups is 1. The molecule has 1 amide bonds. The molecule has 0 radical (unpaired) electrons. The first kappa shape index (κ1) is 15.8. The highest BCUT2D eigenvalue weighted by molar-refractivity contribution is 7.99. The molecule has 1 heterocycles. The Labute approximate surface area is 115 Å². The van der Waals surface area contributed by atoms with Gasteiger partial charge in [0, 0.05) is 24.4 Å². The summed E-state index contributed by atoms with van der Waals surface area (Å²) in [5.41, 5.74) is 0. The molecule has 1 aliphatic rings. The molecule has 0 spiro atoms. The number of hydrogen-bond acceptors (Lipinski definition) is 4. The van der Waals surface area contributed by atoms with E-state index in [0.29, 0.717) is 19.1 Å². The van der Waals surface area contributed by atoms with Crippen LogP contribution in [0.25, 0.3) is 0 Å². The Bertz CT molecular complexity index is 266. The molecule has 0 saturated carbocycles. The maximum absolute atomic E-state index is 12.3. The maximum atomic E-state index is 12.3. The SMILES string of the molecule is CC(O)CN(C(=O)CN(C)C1CCSC1)C(C)C. The first-order valence-electron chi connectivity index (χ1n) is 6.67. The number of hydrogen-bond donors (Lipinski definition) is 1. The highest BCUT2D eigenvalue weighted by Gasteiger charge is 2.25. The molecule has 0 aromatic heterocycles. The molecule has 0 aliphatic carbocycles. The second-order valence-electron chi connectivity index (χ2n) is 5.42. The zero-order valence-corrected chi connectivity index (χ0v) is 12.7. The van der Waals surface area contributed by atoms with Crippen LogP contribution >= 0.6 is 11.8 Å². The molecule has 106 valence electrons. The summed E-state index contributed by atoms with van der Waals surface area (Å²) in [6.45, 7) is 6.58. The van der Waals surface area contributed by atoms with Gasteiger partial charge in [0.2, 0.25) is 5.91 Å². The molecule has 18 heavy (non-hydrogen) atoms. The van der Waals surface area contributed by atoms with Gasteiger partial charge in [-0.25, -0.2) is 0 Å². The van der Waals surface area contributed by atoms with Gasteiger partial charge in [0.05, 0.1) is 12.6 Å². The van der Waals surface area contributed by atoms with Gasteiger partial charge in [-0.15, -0.1) is 0 Å². The number of rotatable bonds is 6. The van der Waals surface area contributed by atoms with E-state index in [0.717, 1.165) is 5.75 Å².